The Labute approximate surface area is 142 Å². The molecule has 0 bridgehead atoms. The van der Waals surface area contributed by atoms with Gasteiger partial charge in [-0.15, -0.1) is 10.2 Å². The molecule has 24 heavy (non-hydrogen) atoms. The highest BCUT2D eigenvalue weighted by Gasteiger charge is 2.33. The van der Waals surface area contributed by atoms with Crippen molar-refractivity contribution in [3.63, 3.8) is 0 Å². The number of benzene rings is 1. The Balaban J connectivity index is 1.39. The molecule has 0 atom stereocenters. The van der Waals surface area contributed by atoms with Crippen LogP contribution in [0.5, 0.6) is 5.75 Å². The lowest BCUT2D eigenvalue weighted by molar-refractivity contribution is 0.415. The molecule has 1 aliphatic rings. The Morgan fingerprint density at radius 2 is 2.08 bits per heavy atom. The van der Waals surface area contributed by atoms with E-state index in [2.05, 4.69) is 19.5 Å². The van der Waals surface area contributed by atoms with Crippen molar-refractivity contribution in [3.05, 3.63) is 48.4 Å². The van der Waals surface area contributed by atoms with Gasteiger partial charge in [-0.25, -0.2) is 4.98 Å². The topological polar surface area (TPSA) is 55.5 Å². The summed E-state index contributed by atoms with van der Waals surface area (Å²) in [7, 11) is 1.69. The second kappa shape index (κ2) is 5.17. The molecule has 1 fully saturated rings. The molecule has 6 nitrogen and oxygen atoms in total. The first-order chi connectivity index (χ1) is 11.8. The van der Waals surface area contributed by atoms with Gasteiger partial charge in [-0.2, -0.15) is 0 Å². The quantitative estimate of drug-likeness (QED) is 0.575. The third kappa shape index (κ3) is 2.05. The van der Waals surface area contributed by atoms with Crippen LogP contribution in [0.4, 0.5) is 5.13 Å². The van der Waals surface area contributed by atoms with Crippen LogP contribution in [0.25, 0.3) is 15.9 Å². The lowest BCUT2D eigenvalue weighted by atomic mass is 10.0. The van der Waals surface area contributed by atoms with Crippen molar-refractivity contribution in [2.75, 3.05) is 25.1 Å². The summed E-state index contributed by atoms with van der Waals surface area (Å²) in [6, 6.07) is 12.0. The summed E-state index contributed by atoms with van der Waals surface area (Å²) < 4.78 is 8.51. The van der Waals surface area contributed by atoms with Crippen molar-refractivity contribution in [1.82, 2.24) is 19.6 Å². The number of pyridine rings is 1. The fourth-order valence-corrected chi connectivity index (χ4v) is 4.10. The number of methoxy groups -OCH3 is 1. The van der Waals surface area contributed by atoms with Gasteiger partial charge in [0, 0.05) is 19.3 Å². The molecule has 120 valence electrons. The largest absolute Gasteiger partial charge is 0.497 e. The molecule has 7 heteroatoms. The molecule has 0 radical (unpaired) electrons. The molecule has 4 aromatic rings. The van der Waals surface area contributed by atoms with Gasteiger partial charge in [0.05, 0.1) is 23.2 Å². The average molecular weight is 337 g/mol. The number of hydrogen-bond acceptors (Lipinski definition) is 6. The van der Waals surface area contributed by atoms with Crippen LogP contribution in [0.2, 0.25) is 0 Å². The minimum Gasteiger partial charge on any atom is -0.497 e. The number of anilines is 1. The summed E-state index contributed by atoms with van der Waals surface area (Å²) >= 11 is 1.71. The predicted molar refractivity (Wildman–Crippen MR) is 94.1 cm³/mol. The monoisotopic (exact) mass is 337 g/mol. The molecule has 1 saturated heterocycles. The first-order valence-electron chi connectivity index (χ1n) is 7.81. The number of nitrogens with zero attached hydrogens (tertiary/aromatic N) is 5. The van der Waals surface area contributed by atoms with E-state index in [-0.39, 0.29) is 0 Å². The van der Waals surface area contributed by atoms with Gasteiger partial charge < -0.3 is 9.64 Å². The van der Waals surface area contributed by atoms with E-state index in [1.165, 1.54) is 0 Å². The van der Waals surface area contributed by atoms with Crippen molar-refractivity contribution >= 4 is 32.3 Å². The van der Waals surface area contributed by atoms with E-state index < -0.39 is 0 Å². The second-order valence-corrected chi connectivity index (χ2v) is 6.93. The molecular formula is C17H15N5OS. The van der Waals surface area contributed by atoms with Crippen molar-refractivity contribution < 1.29 is 4.74 Å². The van der Waals surface area contributed by atoms with Gasteiger partial charge >= 0.3 is 0 Å². The van der Waals surface area contributed by atoms with Crippen LogP contribution in [0, 0.1) is 0 Å². The van der Waals surface area contributed by atoms with Crippen molar-refractivity contribution in [1.29, 1.82) is 0 Å². The summed E-state index contributed by atoms with van der Waals surface area (Å²) in [5.41, 5.74) is 1.92. The fraction of sp³-hybridized carbons (Fsp3) is 0.235. The van der Waals surface area contributed by atoms with E-state index in [4.69, 9.17) is 9.72 Å². The lowest BCUT2D eigenvalue weighted by Gasteiger charge is -2.37. The fourth-order valence-electron chi connectivity index (χ4n) is 3.09. The summed E-state index contributed by atoms with van der Waals surface area (Å²) in [4.78, 5) is 7.03. The van der Waals surface area contributed by atoms with Gasteiger partial charge in [0.25, 0.3) is 0 Å². The molecular weight excluding hydrogens is 322 g/mol. The van der Waals surface area contributed by atoms with Gasteiger partial charge in [-0.1, -0.05) is 17.4 Å². The van der Waals surface area contributed by atoms with Crippen LogP contribution >= 0.6 is 11.3 Å². The zero-order chi connectivity index (χ0) is 16.1. The third-order valence-corrected chi connectivity index (χ3v) is 5.52. The molecule has 3 aromatic heterocycles. The molecule has 5 rings (SSSR count). The van der Waals surface area contributed by atoms with Crippen LogP contribution in [-0.2, 0) is 0 Å². The standard InChI is InChI=1S/C17H15N5OS/c1-23-12-5-6-13-14(8-12)24-17(18-13)21-9-11(10-21)16-20-19-15-4-2-3-7-22(15)16/h2-8,11H,9-10H2,1H3. The highest BCUT2D eigenvalue weighted by atomic mass is 32.1. The zero-order valence-electron chi connectivity index (χ0n) is 13.1. The van der Waals surface area contributed by atoms with Gasteiger partial charge in [-0.3, -0.25) is 4.40 Å². The Bertz CT molecular complexity index is 1030. The number of hydrogen-bond donors (Lipinski definition) is 0. The first kappa shape index (κ1) is 13.7. The molecule has 0 spiro atoms. The summed E-state index contributed by atoms with van der Waals surface area (Å²) in [6.45, 7) is 1.85. The molecule has 4 heterocycles. The van der Waals surface area contributed by atoms with Crippen LogP contribution in [-0.4, -0.2) is 39.8 Å². The Morgan fingerprint density at radius 3 is 2.96 bits per heavy atom. The highest BCUT2D eigenvalue weighted by molar-refractivity contribution is 7.22. The highest BCUT2D eigenvalue weighted by Crippen LogP contribution is 2.36. The number of aromatic nitrogens is 4. The predicted octanol–water partition coefficient (Wildman–Crippen LogP) is 2.95. The smallest absolute Gasteiger partial charge is 0.186 e. The maximum absolute atomic E-state index is 5.29. The van der Waals surface area contributed by atoms with Crippen molar-refractivity contribution in [3.8, 4) is 5.75 Å². The number of fused-ring (bicyclic) bond motifs is 2. The van der Waals surface area contributed by atoms with E-state index >= 15 is 0 Å². The maximum Gasteiger partial charge on any atom is 0.186 e. The molecule has 0 N–H and O–H groups in total. The number of thiazole rings is 1. The van der Waals surface area contributed by atoms with E-state index in [0.717, 1.165) is 45.7 Å². The van der Waals surface area contributed by atoms with Gasteiger partial charge in [0.2, 0.25) is 0 Å². The van der Waals surface area contributed by atoms with Crippen LogP contribution < -0.4 is 9.64 Å². The third-order valence-electron chi connectivity index (χ3n) is 4.44. The van der Waals surface area contributed by atoms with Crippen LogP contribution in [0.3, 0.4) is 0 Å². The molecule has 1 aromatic carbocycles. The lowest BCUT2D eigenvalue weighted by Crippen LogP contribution is -2.45. The average Bonchev–Trinajstić information content (AvgIpc) is 3.17. The Hall–Kier alpha value is -2.67. The minimum absolute atomic E-state index is 0.393. The van der Waals surface area contributed by atoms with Crippen molar-refractivity contribution in [2.45, 2.75) is 5.92 Å². The van der Waals surface area contributed by atoms with Gasteiger partial charge in [0.1, 0.15) is 11.6 Å². The number of ether oxygens (including phenoxy) is 1. The van der Waals surface area contributed by atoms with E-state index in [1.807, 2.05) is 42.6 Å². The molecule has 0 unspecified atom stereocenters. The number of rotatable bonds is 3. The Kier molecular flexibility index (Phi) is 2.96. The normalized spacial score (nSPS) is 15.1. The summed E-state index contributed by atoms with van der Waals surface area (Å²) in [6.07, 6.45) is 2.03. The Morgan fingerprint density at radius 1 is 1.17 bits per heavy atom. The van der Waals surface area contributed by atoms with Crippen LogP contribution in [0.1, 0.15) is 11.7 Å². The van der Waals surface area contributed by atoms with E-state index in [0.29, 0.717) is 5.92 Å². The van der Waals surface area contributed by atoms with Gasteiger partial charge in [0.15, 0.2) is 10.8 Å². The zero-order valence-corrected chi connectivity index (χ0v) is 13.9. The first-order valence-corrected chi connectivity index (χ1v) is 8.62. The van der Waals surface area contributed by atoms with Gasteiger partial charge in [-0.05, 0) is 30.3 Å². The van der Waals surface area contributed by atoms with Crippen molar-refractivity contribution in [2.24, 2.45) is 0 Å². The summed E-state index contributed by atoms with van der Waals surface area (Å²) in [5, 5.41) is 9.66. The minimum atomic E-state index is 0.393. The maximum atomic E-state index is 5.29. The molecule has 0 amide bonds. The SMILES string of the molecule is COc1ccc2nc(N3CC(c4nnc5ccccn45)C3)sc2c1. The molecule has 0 aliphatic carbocycles. The molecule has 1 aliphatic heterocycles. The summed E-state index contributed by atoms with van der Waals surface area (Å²) in [5.74, 6) is 2.29. The second-order valence-electron chi connectivity index (χ2n) is 5.92. The van der Waals surface area contributed by atoms with E-state index in [1.54, 1.807) is 18.4 Å². The van der Waals surface area contributed by atoms with Crippen LogP contribution in [0.15, 0.2) is 42.6 Å². The van der Waals surface area contributed by atoms with E-state index in [9.17, 15) is 0 Å². The molecule has 0 saturated carbocycles.